The Morgan fingerprint density at radius 2 is 2.21 bits per heavy atom. The maximum atomic E-state index is 14.3. The number of hydrogen-bond donors (Lipinski definition) is 1. The van der Waals surface area contributed by atoms with E-state index in [-0.39, 0.29) is 11.3 Å². The van der Waals surface area contributed by atoms with Gasteiger partial charge in [0, 0.05) is 11.7 Å². The van der Waals surface area contributed by atoms with Crippen LogP contribution in [0.1, 0.15) is 49.8 Å². The summed E-state index contributed by atoms with van der Waals surface area (Å²) < 4.78 is 16.0. The van der Waals surface area contributed by atoms with E-state index in [4.69, 9.17) is 0 Å². The van der Waals surface area contributed by atoms with Gasteiger partial charge in [-0.3, -0.25) is 4.79 Å². The molecule has 0 saturated heterocycles. The second kappa shape index (κ2) is 5.58. The summed E-state index contributed by atoms with van der Waals surface area (Å²) in [5.41, 5.74) is 0.342. The van der Waals surface area contributed by atoms with Gasteiger partial charge in [0.2, 0.25) is 5.16 Å². The molecule has 0 radical (unpaired) electrons. The van der Waals surface area contributed by atoms with Crippen LogP contribution in [0.25, 0.3) is 0 Å². The Labute approximate surface area is 143 Å². The standard InChI is InChI=1S/C17H18FN3O2S/c1-2-17(15(22)23)9-13(17)24-16-19-14-11(18)8-12(21(14)20-16)10-6-4-3-5-7-10/h3-7,11-13H,2,8-9H2,1H3,(H,22,23)/t11-,12-,13+,17-/m0/s1. The highest BCUT2D eigenvalue weighted by molar-refractivity contribution is 8.00. The third-order valence-corrected chi connectivity index (χ3v) is 6.42. The SMILES string of the molecule is CC[C@]1(C(=O)O)C[C@H]1Sc1nc2n(n1)[C@H](c1ccccc1)C[C@@H]2F. The molecule has 126 valence electrons. The van der Waals surface area contributed by atoms with Crippen molar-refractivity contribution in [2.45, 2.75) is 48.8 Å². The van der Waals surface area contributed by atoms with Crippen molar-refractivity contribution in [3.8, 4) is 0 Å². The number of carbonyl (C=O) groups is 1. The number of rotatable bonds is 5. The van der Waals surface area contributed by atoms with Crippen LogP contribution in [-0.4, -0.2) is 31.1 Å². The van der Waals surface area contributed by atoms with Gasteiger partial charge < -0.3 is 5.11 Å². The lowest BCUT2D eigenvalue weighted by Crippen LogP contribution is -2.17. The summed E-state index contributed by atoms with van der Waals surface area (Å²) in [7, 11) is 0. The van der Waals surface area contributed by atoms with E-state index in [1.807, 2.05) is 37.3 Å². The van der Waals surface area contributed by atoms with Crippen LogP contribution in [-0.2, 0) is 4.79 Å². The molecule has 2 aromatic rings. The molecule has 0 unspecified atom stereocenters. The molecule has 4 rings (SSSR count). The minimum atomic E-state index is -1.13. The van der Waals surface area contributed by atoms with Gasteiger partial charge in [-0.2, -0.15) is 0 Å². The molecule has 0 spiro atoms. The lowest BCUT2D eigenvalue weighted by atomic mass is 10.0. The van der Waals surface area contributed by atoms with Crippen LogP contribution in [0, 0.1) is 5.41 Å². The first-order valence-corrected chi connectivity index (χ1v) is 8.98. The highest BCUT2D eigenvalue weighted by atomic mass is 32.2. The number of aromatic nitrogens is 3. The van der Waals surface area contributed by atoms with Gasteiger partial charge >= 0.3 is 5.97 Å². The van der Waals surface area contributed by atoms with Gasteiger partial charge in [-0.15, -0.1) is 5.10 Å². The molecule has 1 aliphatic carbocycles. The van der Waals surface area contributed by atoms with Crippen LogP contribution in [0.4, 0.5) is 4.39 Å². The lowest BCUT2D eigenvalue weighted by Gasteiger charge is -2.11. The molecular formula is C17H18FN3O2S. The summed E-state index contributed by atoms with van der Waals surface area (Å²) in [6.45, 7) is 1.89. The zero-order chi connectivity index (χ0) is 16.9. The number of halogens is 1. The average molecular weight is 347 g/mol. The van der Waals surface area contributed by atoms with Crippen molar-refractivity contribution in [2.75, 3.05) is 0 Å². The van der Waals surface area contributed by atoms with Crippen molar-refractivity contribution in [2.24, 2.45) is 5.41 Å². The van der Waals surface area contributed by atoms with E-state index in [1.165, 1.54) is 11.8 Å². The number of hydrogen-bond acceptors (Lipinski definition) is 4. The third kappa shape index (κ3) is 2.33. The molecular weight excluding hydrogens is 329 g/mol. The van der Waals surface area contributed by atoms with E-state index in [2.05, 4.69) is 10.1 Å². The lowest BCUT2D eigenvalue weighted by molar-refractivity contribution is -0.143. The van der Waals surface area contributed by atoms with Crippen LogP contribution in [0.5, 0.6) is 0 Å². The third-order valence-electron chi connectivity index (χ3n) is 5.14. The molecule has 1 fully saturated rings. The van der Waals surface area contributed by atoms with Crippen LogP contribution in [0.2, 0.25) is 0 Å². The summed E-state index contributed by atoms with van der Waals surface area (Å²) in [6, 6.07) is 9.58. The van der Waals surface area contributed by atoms with Crippen LogP contribution >= 0.6 is 11.8 Å². The Hall–Kier alpha value is -1.89. The first-order chi connectivity index (χ1) is 11.5. The normalized spacial score (nSPS) is 31.0. The van der Waals surface area contributed by atoms with Gasteiger partial charge in [-0.1, -0.05) is 49.0 Å². The molecule has 1 N–H and O–H groups in total. The minimum absolute atomic E-state index is 0.0311. The summed E-state index contributed by atoms with van der Waals surface area (Å²) in [6.07, 6.45) is 0.425. The summed E-state index contributed by atoms with van der Waals surface area (Å²) in [4.78, 5) is 15.8. The fraction of sp³-hybridized carbons (Fsp3) is 0.471. The average Bonchev–Trinajstić information content (AvgIpc) is 3.00. The summed E-state index contributed by atoms with van der Waals surface area (Å²) >= 11 is 1.36. The van der Waals surface area contributed by atoms with Crippen LogP contribution in [0.3, 0.4) is 0 Å². The molecule has 7 heteroatoms. The molecule has 1 aliphatic heterocycles. The molecule has 0 amide bonds. The Balaban J connectivity index is 1.57. The molecule has 2 aliphatic rings. The van der Waals surface area contributed by atoms with Gasteiger partial charge in [0.05, 0.1) is 11.5 Å². The molecule has 1 saturated carbocycles. The largest absolute Gasteiger partial charge is 0.481 e. The van der Waals surface area contributed by atoms with Gasteiger partial charge in [0.15, 0.2) is 12.0 Å². The Morgan fingerprint density at radius 1 is 1.46 bits per heavy atom. The Morgan fingerprint density at radius 3 is 2.83 bits per heavy atom. The quantitative estimate of drug-likeness (QED) is 0.894. The number of benzene rings is 1. The van der Waals surface area contributed by atoms with E-state index in [0.717, 1.165) is 5.56 Å². The molecule has 2 heterocycles. The van der Waals surface area contributed by atoms with E-state index >= 15 is 0 Å². The first kappa shape index (κ1) is 15.6. The number of thioether (sulfide) groups is 1. The topological polar surface area (TPSA) is 68.0 Å². The summed E-state index contributed by atoms with van der Waals surface area (Å²) in [5.74, 6) is -0.413. The van der Waals surface area contributed by atoms with E-state index in [1.54, 1.807) is 4.68 Å². The van der Waals surface area contributed by atoms with Crippen molar-refractivity contribution in [3.63, 3.8) is 0 Å². The van der Waals surface area contributed by atoms with Crippen LogP contribution in [0.15, 0.2) is 35.5 Å². The second-order valence-corrected chi connectivity index (χ2v) is 7.62. The van der Waals surface area contributed by atoms with Gasteiger partial charge in [-0.05, 0) is 18.4 Å². The molecule has 0 bridgehead atoms. The number of aliphatic carboxylic acids is 1. The van der Waals surface area contributed by atoms with Crippen molar-refractivity contribution in [1.29, 1.82) is 0 Å². The number of carboxylic acid groups (broad SMARTS) is 1. The van der Waals surface area contributed by atoms with Crippen molar-refractivity contribution in [1.82, 2.24) is 14.8 Å². The fourth-order valence-corrected chi connectivity index (χ4v) is 4.87. The van der Waals surface area contributed by atoms with Crippen molar-refractivity contribution >= 4 is 17.7 Å². The molecule has 4 atom stereocenters. The zero-order valence-corrected chi connectivity index (χ0v) is 14.0. The predicted molar refractivity (Wildman–Crippen MR) is 87.7 cm³/mol. The molecule has 1 aromatic carbocycles. The minimum Gasteiger partial charge on any atom is -0.481 e. The predicted octanol–water partition coefficient (Wildman–Crippen LogP) is 3.63. The van der Waals surface area contributed by atoms with Gasteiger partial charge in [0.25, 0.3) is 0 Å². The maximum absolute atomic E-state index is 14.3. The highest BCUT2D eigenvalue weighted by Gasteiger charge is 2.60. The number of nitrogens with zero attached hydrogens (tertiary/aromatic N) is 3. The van der Waals surface area contributed by atoms with Gasteiger partial charge in [-0.25, -0.2) is 14.1 Å². The highest BCUT2D eigenvalue weighted by Crippen LogP contribution is 2.58. The van der Waals surface area contributed by atoms with Crippen molar-refractivity contribution in [3.05, 3.63) is 41.7 Å². The van der Waals surface area contributed by atoms with E-state index < -0.39 is 17.6 Å². The maximum Gasteiger partial charge on any atom is 0.310 e. The van der Waals surface area contributed by atoms with Crippen molar-refractivity contribution < 1.29 is 14.3 Å². The zero-order valence-electron chi connectivity index (χ0n) is 13.2. The second-order valence-electron chi connectivity index (χ2n) is 6.45. The van der Waals surface area contributed by atoms with Crippen LogP contribution < -0.4 is 0 Å². The van der Waals surface area contributed by atoms with E-state index in [9.17, 15) is 14.3 Å². The smallest absolute Gasteiger partial charge is 0.310 e. The first-order valence-electron chi connectivity index (χ1n) is 8.10. The van der Waals surface area contributed by atoms with E-state index in [0.29, 0.717) is 30.2 Å². The monoisotopic (exact) mass is 347 g/mol. The number of fused-ring (bicyclic) bond motifs is 1. The fourth-order valence-electron chi connectivity index (χ4n) is 3.46. The Bertz CT molecular complexity index is 781. The van der Waals surface area contributed by atoms with Gasteiger partial charge in [0.1, 0.15) is 0 Å². The summed E-state index contributed by atoms with van der Waals surface area (Å²) in [5, 5.41) is 14.3. The Kier molecular flexibility index (Phi) is 3.63. The molecule has 1 aromatic heterocycles. The number of alkyl halides is 1. The molecule has 5 nitrogen and oxygen atoms in total. The molecule has 24 heavy (non-hydrogen) atoms. The number of carboxylic acids is 1.